The molecule has 0 saturated heterocycles. The second-order valence-corrected chi connectivity index (χ2v) is 8.25. The van der Waals surface area contributed by atoms with Gasteiger partial charge < -0.3 is 28.2 Å². The number of urea groups is 1. The highest BCUT2D eigenvalue weighted by Crippen LogP contribution is 2.20. The van der Waals surface area contributed by atoms with Gasteiger partial charge in [-0.25, -0.2) is 9.59 Å². The van der Waals surface area contributed by atoms with Crippen LogP contribution in [-0.4, -0.2) is 73.3 Å². The standard InChI is InChI=1S/C15H30N2O6Si/c1-7-14(18)23-10-9-16-15(19)17(8-2)11-13(3)12-24(20-4,21-5)22-6/h7,13H,1,8-12H2,2-6H3,(H,16,19). The summed E-state index contributed by atoms with van der Waals surface area (Å²) in [5, 5.41) is 2.72. The Bertz CT molecular complexity index is 395. The second-order valence-electron chi connectivity index (χ2n) is 5.25. The topological polar surface area (TPSA) is 86.3 Å². The van der Waals surface area contributed by atoms with Crippen molar-refractivity contribution in [2.45, 2.75) is 19.9 Å². The molecule has 0 aliphatic carbocycles. The molecule has 24 heavy (non-hydrogen) atoms. The first kappa shape index (κ1) is 22.6. The van der Waals surface area contributed by atoms with Crippen molar-refractivity contribution in [3.8, 4) is 0 Å². The van der Waals surface area contributed by atoms with E-state index in [4.69, 9.17) is 18.0 Å². The normalized spacial score (nSPS) is 12.4. The molecule has 0 radical (unpaired) electrons. The molecule has 9 heteroatoms. The Kier molecular flexibility index (Phi) is 11.3. The highest BCUT2D eigenvalue weighted by molar-refractivity contribution is 6.60. The molecule has 140 valence electrons. The van der Waals surface area contributed by atoms with Gasteiger partial charge in [-0.1, -0.05) is 13.5 Å². The smallest absolute Gasteiger partial charge is 0.461 e. The number of ether oxygens (including phenoxy) is 1. The molecule has 0 bridgehead atoms. The van der Waals surface area contributed by atoms with Gasteiger partial charge in [0.2, 0.25) is 0 Å². The first-order valence-corrected chi connectivity index (χ1v) is 9.78. The summed E-state index contributed by atoms with van der Waals surface area (Å²) in [4.78, 5) is 24.8. The molecule has 1 unspecified atom stereocenters. The van der Waals surface area contributed by atoms with Gasteiger partial charge in [-0.05, 0) is 12.8 Å². The minimum atomic E-state index is -2.67. The highest BCUT2D eigenvalue weighted by atomic mass is 28.4. The molecule has 0 heterocycles. The number of esters is 1. The van der Waals surface area contributed by atoms with Gasteiger partial charge in [0.1, 0.15) is 6.61 Å². The van der Waals surface area contributed by atoms with Crippen molar-refractivity contribution in [3.63, 3.8) is 0 Å². The molecular weight excluding hydrogens is 332 g/mol. The number of hydrogen-bond donors (Lipinski definition) is 1. The number of carbonyl (C=O) groups is 2. The molecule has 1 N–H and O–H groups in total. The van der Waals surface area contributed by atoms with Gasteiger partial charge in [0.05, 0.1) is 6.54 Å². The predicted molar refractivity (Wildman–Crippen MR) is 92.6 cm³/mol. The lowest BCUT2D eigenvalue weighted by Gasteiger charge is -2.30. The molecule has 2 amide bonds. The summed E-state index contributed by atoms with van der Waals surface area (Å²) in [5.74, 6) is -0.369. The fraction of sp³-hybridized carbons (Fsp3) is 0.733. The third-order valence-corrected chi connectivity index (χ3v) is 6.58. The molecule has 1 atom stereocenters. The van der Waals surface area contributed by atoms with Crippen LogP contribution in [0.2, 0.25) is 6.04 Å². The van der Waals surface area contributed by atoms with Crippen molar-refractivity contribution in [1.29, 1.82) is 0 Å². The summed E-state index contributed by atoms with van der Waals surface area (Å²) in [6.07, 6.45) is 1.08. The molecule has 0 aromatic carbocycles. The van der Waals surface area contributed by atoms with Gasteiger partial charge >= 0.3 is 20.8 Å². The lowest BCUT2D eigenvalue weighted by molar-refractivity contribution is -0.137. The van der Waals surface area contributed by atoms with E-state index in [9.17, 15) is 9.59 Å². The molecular formula is C15H30N2O6Si. The zero-order valence-corrected chi connectivity index (χ0v) is 16.3. The Balaban J connectivity index is 4.39. The Morgan fingerprint density at radius 1 is 1.25 bits per heavy atom. The van der Waals surface area contributed by atoms with Crippen LogP contribution in [0.5, 0.6) is 0 Å². The SMILES string of the molecule is C=CC(=O)OCCNC(=O)N(CC)CC(C)C[Si](OC)(OC)OC. The van der Waals surface area contributed by atoms with Gasteiger partial charge in [-0.3, -0.25) is 0 Å². The Morgan fingerprint density at radius 2 is 1.83 bits per heavy atom. The highest BCUT2D eigenvalue weighted by Gasteiger charge is 2.39. The lowest BCUT2D eigenvalue weighted by atomic mass is 10.2. The maximum atomic E-state index is 12.2. The van der Waals surface area contributed by atoms with Crippen LogP contribution in [-0.2, 0) is 22.8 Å². The summed E-state index contributed by atoms with van der Waals surface area (Å²) in [7, 11) is 2.04. The monoisotopic (exact) mass is 362 g/mol. The minimum Gasteiger partial charge on any atom is -0.461 e. The van der Waals surface area contributed by atoms with Crippen molar-refractivity contribution in [1.82, 2.24) is 10.2 Å². The molecule has 8 nitrogen and oxygen atoms in total. The Morgan fingerprint density at radius 3 is 2.29 bits per heavy atom. The van der Waals surface area contributed by atoms with Gasteiger partial charge in [0.15, 0.2) is 0 Å². The fourth-order valence-corrected chi connectivity index (χ4v) is 4.19. The molecule has 0 spiro atoms. The first-order valence-electron chi connectivity index (χ1n) is 7.85. The van der Waals surface area contributed by atoms with Crippen LogP contribution in [0, 0.1) is 5.92 Å². The maximum absolute atomic E-state index is 12.2. The van der Waals surface area contributed by atoms with Crippen LogP contribution in [0.25, 0.3) is 0 Å². The van der Waals surface area contributed by atoms with Crippen LogP contribution < -0.4 is 5.32 Å². The molecule has 0 fully saturated rings. The molecule has 0 aliphatic rings. The summed E-state index contributed by atoms with van der Waals surface area (Å²) < 4.78 is 21.1. The Hall–Kier alpha value is -1.42. The van der Waals surface area contributed by atoms with Crippen LogP contribution in [0.1, 0.15) is 13.8 Å². The fourth-order valence-electron chi connectivity index (χ4n) is 2.20. The van der Waals surface area contributed by atoms with E-state index in [2.05, 4.69) is 11.9 Å². The van der Waals surface area contributed by atoms with Gasteiger partial charge in [0, 0.05) is 46.5 Å². The Labute approximate surface area is 145 Å². The van der Waals surface area contributed by atoms with Crippen molar-refractivity contribution < 1.29 is 27.6 Å². The number of nitrogens with one attached hydrogen (secondary N) is 1. The first-order chi connectivity index (χ1) is 11.4. The van der Waals surface area contributed by atoms with Gasteiger partial charge in [-0.2, -0.15) is 0 Å². The third-order valence-electron chi connectivity index (χ3n) is 3.52. The summed E-state index contributed by atoms with van der Waals surface area (Å²) in [5.41, 5.74) is 0. The van der Waals surface area contributed by atoms with E-state index in [1.807, 2.05) is 13.8 Å². The third kappa shape index (κ3) is 7.91. The number of amides is 2. The average molecular weight is 362 g/mol. The van der Waals surface area contributed by atoms with E-state index < -0.39 is 14.8 Å². The molecule has 0 saturated carbocycles. The van der Waals surface area contributed by atoms with Crippen LogP contribution in [0.15, 0.2) is 12.7 Å². The quantitative estimate of drug-likeness (QED) is 0.243. The zero-order chi connectivity index (χ0) is 18.6. The van der Waals surface area contributed by atoms with E-state index in [0.29, 0.717) is 19.1 Å². The molecule has 0 aliphatic heterocycles. The minimum absolute atomic E-state index is 0.108. The number of nitrogens with zero attached hydrogens (tertiary/aromatic N) is 1. The van der Waals surface area contributed by atoms with Crippen molar-refractivity contribution >= 4 is 20.8 Å². The lowest BCUT2D eigenvalue weighted by Crippen LogP contribution is -2.47. The molecule has 0 aromatic rings. The van der Waals surface area contributed by atoms with E-state index in [1.54, 1.807) is 26.2 Å². The van der Waals surface area contributed by atoms with E-state index in [-0.39, 0.29) is 25.1 Å². The zero-order valence-electron chi connectivity index (χ0n) is 15.3. The van der Waals surface area contributed by atoms with Gasteiger partial charge in [-0.15, -0.1) is 0 Å². The maximum Gasteiger partial charge on any atom is 0.500 e. The van der Waals surface area contributed by atoms with Crippen molar-refractivity contribution in [2.75, 3.05) is 47.6 Å². The van der Waals surface area contributed by atoms with Crippen molar-refractivity contribution in [2.24, 2.45) is 5.92 Å². The average Bonchev–Trinajstić information content (AvgIpc) is 2.60. The summed E-state index contributed by atoms with van der Waals surface area (Å²) >= 11 is 0. The van der Waals surface area contributed by atoms with Crippen LogP contribution >= 0.6 is 0 Å². The number of rotatable bonds is 12. The largest absolute Gasteiger partial charge is 0.500 e. The number of hydrogen-bond acceptors (Lipinski definition) is 6. The van der Waals surface area contributed by atoms with E-state index >= 15 is 0 Å². The van der Waals surface area contributed by atoms with Crippen molar-refractivity contribution in [3.05, 3.63) is 12.7 Å². The van der Waals surface area contributed by atoms with E-state index in [1.165, 1.54) is 0 Å². The van der Waals surface area contributed by atoms with Crippen LogP contribution in [0.3, 0.4) is 0 Å². The second kappa shape index (κ2) is 12.0. The summed E-state index contributed by atoms with van der Waals surface area (Å²) in [6.45, 7) is 8.67. The number of carbonyl (C=O) groups excluding carboxylic acids is 2. The summed E-state index contributed by atoms with van der Waals surface area (Å²) in [6, 6.07) is 0.399. The molecule has 0 aromatic heterocycles. The predicted octanol–water partition coefficient (Wildman–Crippen LogP) is 1.26. The molecule has 0 rings (SSSR count). The van der Waals surface area contributed by atoms with E-state index in [0.717, 1.165) is 6.08 Å². The van der Waals surface area contributed by atoms with Crippen LogP contribution in [0.4, 0.5) is 4.79 Å². The van der Waals surface area contributed by atoms with Gasteiger partial charge in [0.25, 0.3) is 0 Å².